The molecule has 2 aromatic rings. The highest BCUT2D eigenvalue weighted by Gasteiger charge is 2.35. The SMILES string of the molecule is C[S+](C)CCC(C#N)(c1ccccc1)c1ccccc1.[I-]. The number of halogens is 1. The largest absolute Gasteiger partial charge is 1.00 e. The van der Waals surface area contributed by atoms with Crippen LogP contribution in [0.15, 0.2) is 60.7 Å². The first kappa shape index (κ1) is 18.1. The van der Waals surface area contributed by atoms with E-state index < -0.39 is 5.41 Å². The van der Waals surface area contributed by atoms with Crippen LogP contribution in [0.2, 0.25) is 0 Å². The average Bonchev–Trinajstić information content (AvgIpc) is 2.50. The Hall–Kier alpha value is -0.990. The Morgan fingerprint density at radius 1 is 0.905 bits per heavy atom. The van der Waals surface area contributed by atoms with Crippen molar-refractivity contribution in [3.63, 3.8) is 0 Å². The zero-order valence-electron chi connectivity index (χ0n) is 12.4. The van der Waals surface area contributed by atoms with E-state index in [1.807, 2.05) is 36.4 Å². The molecule has 0 saturated heterocycles. The van der Waals surface area contributed by atoms with Gasteiger partial charge >= 0.3 is 0 Å². The molecule has 0 spiro atoms. The van der Waals surface area contributed by atoms with Gasteiger partial charge in [0.05, 0.1) is 18.6 Å². The summed E-state index contributed by atoms with van der Waals surface area (Å²) in [7, 11) is 0.338. The van der Waals surface area contributed by atoms with E-state index in [2.05, 4.69) is 42.8 Å². The number of hydrogen-bond acceptors (Lipinski definition) is 1. The fraction of sp³-hybridized carbons (Fsp3) is 0.278. The lowest BCUT2D eigenvalue weighted by atomic mass is 9.74. The minimum absolute atomic E-state index is 0. The monoisotopic (exact) mass is 409 g/mol. The molecule has 3 heteroatoms. The van der Waals surface area contributed by atoms with Crippen molar-refractivity contribution in [1.29, 1.82) is 5.26 Å². The molecule has 0 heterocycles. The first-order valence-electron chi connectivity index (χ1n) is 6.75. The van der Waals surface area contributed by atoms with Gasteiger partial charge in [-0.15, -0.1) is 0 Å². The summed E-state index contributed by atoms with van der Waals surface area (Å²) in [6.07, 6.45) is 5.34. The van der Waals surface area contributed by atoms with E-state index in [4.69, 9.17) is 0 Å². The van der Waals surface area contributed by atoms with E-state index in [-0.39, 0.29) is 24.0 Å². The van der Waals surface area contributed by atoms with Gasteiger partial charge in [0.2, 0.25) is 0 Å². The lowest BCUT2D eigenvalue weighted by Gasteiger charge is -2.27. The van der Waals surface area contributed by atoms with Crippen molar-refractivity contribution in [2.75, 3.05) is 18.3 Å². The maximum Gasteiger partial charge on any atom is 0.112 e. The summed E-state index contributed by atoms with van der Waals surface area (Å²) in [5, 5.41) is 9.95. The highest BCUT2D eigenvalue weighted by Crippen LogP contribution is 2.35. The highest BCUT2D eigenvalue weighted by atomic mass is 127. The molecule has 0 aromatic heterocycles. The molecule has 0 aliphatic rings. The van der Waals surface area contributed by atoms with Crippen molar-refractivity contribution < 1.29 is 24.0 Å². The van der Waals surface area contributed by atoms with Gasteiger partial charge in [0.1, 0.15) is 11.2 Å². The van der Waals surface area contributed by atoms with Crippen molar-refractivity contribution in [3.8, 4) is 6.07 Å². The second kappa shape index (κ2) is 8.45. The molecule has 0 aliphatic heterocycles. The molecule has 1 nitrogen and oxygen atoms in total. The summed E-state index contributed by atoms with van der Waals surface area (Å²) in [4.78, 5) is 0. The molecule has 2 rings (SSSR count). The molecule has 0 atom stereocenters. The van der Waals surface area contributed by atoms with Crippen LogP contribution in [0.4, 0.5) is 0 Å². The Labute approximate surface area is 147 Å². The van der Waals surface area contributed by atoms with Crippen molar-refractivity contribution >= 4 is 10.9 Å². The van der Waals surface area contributed by atoms with E-state index in [1.54, 1.807) is 0 Å². The number of nitriles is 1. The van der Waals surface area contributed by atoms with E-state index in [1.165, 1.54) is 0 Å². The minimum Gasteiger partial charge on any atom is -1.00 e. The molecule has 0 amide bonds. The predicted molar refractivity (Wildman–Crippen MR) is 88.0 cm³/mol. The van der Waals surface area contributed by atoms with Crippen LogP contribution in [0.1, 0.15) is 17.5 Å². The van der Waals surface area contributed by atoms with E-state index in [0.717, 1.165) is 23.3 Å². The van der Waals surface area contributed by atoms with E-state index in [9.17, 15) is 5.26 Å². The number of hydrogen-bond donors (Lipinski definition) is 0. The van der Waals surface area contributed by atoms with E-state index in [0.29, 0.717) is 10.9 Å². The lowest BCUT2D eigenvalue weighted by molar-refractivity contribution is -0.00000437. The van der Waals surface area contributed by atoms with Gasteiger partial charge in [-0.25, -0.2) is 0 Å². The van der Waals surface area contributed by atoms with Gasteiger partial charge in [-0.1, -0.05) is 60.7 Å². The molecule has 0 bridgehead atoms. The average molecular weight is 409 g/mol. The predicted octanol–water partition coefficient (Wildman–Crippen LogP) is 0.768. The molecule has 110 valence electrons. The molecule has 0 aliphatic carbocycles. The molecule has 2 aromatic carbocycles. The van der Waals surface area contributed by atoms with E-state index >= 15 is 0 Å². The van der Waals surface area contributed by atoms with Gasteiger partial charge < -0.3 is 24.0 Å². The molecule has 0 unspecified atom stereocenters. The van der Waals surface area contributed by atoms with Crippen molar-refractivity contribution in [2.45, 2.75) is 11.8 Å². The third-order valence-electron chi connectivity index (χ3n) is 3.61. The van der Waals surface area contributed by atoms with Crippen molar-refractivity contribution in [3.05, 3.63) is 71.8 Å². The van der Waals surface area contributed by atoms with Gasteiger partial charge in [-0.05, 0) is 22.0 Å². The first-order valence-corrected chi connectivity index (χ1v) is 8.96. The summed E-state index contributed by atoms with van der Waals surface area (Å²) in [6.45, 7) is 0. The number of nitrogens with zero attached hydrogens (tertiary/aromatic N) is 1. The van der Waals surface area contributed by atoms with Gasteiger partial charge in [0, 0.05) is 6.42 Å². The highest BCUT2D eigenvalue weighted by molar-refractivity contribution is 7.95. The Balaban J connectivity index is 0.00000220. The molecule has 0 saturated carbocycles. The molecule has 21 heavy (non-hydrogen) atoms. The molecular formula is C18H20INS. The van der Waals surface area contributed by atoms with Gasteiger partial charge in [-0.2, -0.15) is 5.26 Å². The van der Waals surface area contributed by atoms with Crippen LogP contribution in [0.25, 0.3) is 0 Å². The minimum atomic E-state index is -0.528. The maximum absolute atomic E-state index is 9.95. The smallest absolute Gasteiger partial charge is 0.112 e. The van der Waals surface area contributed by atoms with Crippen molar-refractivity contribution in [2.24, 2.45) is 0 Å². The normalized spacial score (nSPS) is 10.8. The number of rotatable bonds is 5. The van der Waals surface area contributed by atoms with Crippen LogP contribution in [-0.4, -0.2) is 18.3 Å². The molecule has 0 fully saturated rings. The summed E-state index contributed by atoms with van der Waals surface area (Å²) in [5.41, 5.74) is 1.66. The van der Waals surface area contributed by atoms with Crippen LogP contribution in [-0.2, 0) is 16.3 Å². The van der Waals surface area contributed by atoms with Gasteiger partial charge in [0.25, 0.3) is 0 Å². The van der Waals surface area contributed by atoms with Crippen LogP contribution < -0.4 is 24.0 Å². The van der Waals surface area contributed by atoms with Crippen LogP contribution in [0, 0.1) is 11.3 Å². The third-order valence-corrected chi connectivity index (χ3v) is 4.63. The molecular weight excluding hydrogens is 389 g/mol. The third kappa shape index (κ3) is 4.24. The number of benzene rings is 2. The topological polar surface area (TPSA) is 23.8 Å². The second-order valence-corrected chi connectivity index (χ2v) is 7.57. The summed E-state index contributed by atoms with van der Waals surface area (Å²) in [6, 6.07) is 22.9. The summed E-state index contributed by atoms with van der Waals surface area (Å²) in [5.74, 6) is 1.07. The van der Waals surface area contributed by atoms with Crippen LogP contribution in [0.5, 0.6) is 0 Å². The Kier molecular flexibility index (Phi) is 7.27. The molecule has 0 N–H and O–H groups in total. The summed E-state index contributed by atoms with van der Waals surface area (Å²) >= 11 is 0. The summed E-state index contributed by atoms with van der Waals surface area (Å²) < 4.78 is 0. The van der Waals surface area contributed by atoms with Gasteiger partial charge in [0.15, 0.2) is 0 Å². The molecule has 0 radical (unpaired) electrons. The Morgan fingerprint density at radius 2 is 1.33 bits per heavy atom. The fourth-order valence-electron chi connectivity index (χ4n) is 2.44. The maximum atomic E-state index is 9.95. The fourth-order valence-corrected chi connectivity index (χ4v) is 3.16. The first-order chi connectivity index (χ1) is 9.69. The zero-order chi connectivity index (χ0) is 14.4. The Morgan fingerprint density at radius 3 is 1.67 bits per heavy atom. The Bertz CT molecular complexity index is 536. The van der Waals surface area contributed by atoms with Gasteiger partial charge in [-0.3, -0.25) is 0 Å². The lowest BCUT2D eigenvalue weighted by Crippen LogP contribution is -3.00. The van der Waals surface area contributed by atoms with Crippen molar-refractivity contribution in [1.82, 2.24) is 0 Å². The second-order valence-electron chi connectivity index (χ2n) is 5.19. The van der Waals surface area contributed by atoms with Crippen LogP contribution in [0.3, 0.4) is 0 Å². The standard InChI is InChI=1S/C18H20NS.HI/c1-20(2)14-13-18(15-19,16-9-5-3-6-10-16)17-11-7-4-8-12-17;/h3-12H,13-14H2,1-2H3;1H/q+1;/p-1. The zero-order valence-corrected chi connectivity index (χ0v) is 15.4. The quantitative estimate of drug-likeness (QED) is 0.529. The van der Waals surface area contributed by atoms with Crippen LogP contribution >= 0.6 is 0 Å².